The van der Waals surface area contributed by atoms with Crippen LogP contribution in [0.1, 0.15) is 25.3 Å². The zero-order chi connectivity index (χ0) is 17.0. The smallest absolute Gasteiger partial charge is 0.191 e. The number of aliphatic imine (C=N–C) groups is 1. The standard InChI is InChI=1S/C18H27N5O.HI/c1-3-13-24-17-8-4-7-16(14-17)15-21-18(19-2)20-9-5-11-23-12-6-10-22-23;/h4,6-8,10,12,14H,3,5,9,11,13,15H2,1-2H3,(H2,19,20,21);1H. The van der Waals surface area contributed by atoms with Crippen molar-refractivity contribution in [2.75, 3.05) is 20.2 Å². The number of nitrogens with one attached hydrogen (secondary N) is 2. The molecule has 0 bridgehead atoms. The first-order valence-corrected chi connectivity index (χ1v) is 8.45. The Bertz CT molecular complexity index is 616. The van der Waals surface area contributed by atoms with Crippen LogP contribution in [-0.2, 0) is 13.1 Å². The van der Waals surface area contributed by atoms with Crippen LogP contribution in [0.15, 0.2) is 47.7 Å². The van der Waals surface area contributed by atoms with Gasteiger partial charge in [-0.15, -0.1) is 24.0 Å². The first kappa shape index (κ1) is 21.3. The van der Waals surface area contributed by atoms with Gasteiger partial charge < -0.3 is 15.4 Å². The first-order chi connectivity index (χ1) is 11.8. The summed E-state index contributed by atoms with van der Waals surface area (Å²) in [7, 11) is 1.78. The molecule has 0 saturated carbocycles. The zero-order valence-corrected chi connectivity index (χ0v) is 17.3. The Kier molecular flexibility index (Phi) is 10.7. The molecule has 1 aromatic heterocycles. The zero-order valence-electron chi connectivity index (χ0n) is 14.9. The van der Waals surface area contributed by atoms with Gasteiger partial charge in [-0.05, 0) is 36.6 Å². The molecular weight excluding hydrogens is 429 g/mol. The van der Waals surface area contributed by atoms with Crippen LogP contribution in [0.2, 0.25) is 0 Å². The number of rotatable bonds is 9. The summed E-state index contributed by atoms with van der Waals surface area (Å²) >= 11 is 0. The van der Waals surface area contributed by atoms with E-state index in [0.29, 0.717) is 6.54 Å². The van der Waals surface area contributed by atoms with Gasteiger partial charge in [0.1, 0.15) is 5.75 Å². The molecule has 138 valence electrons. The van der Waals surface area contributed by atoms with E-state index < -0.39 is 0 Å². The second-order valence-electron chi connectivity index (χ2n) is 5.47. The topological polar surface area (TPSA) is 63.5 Å². The van der Waals surface area contributed by atoms with E-state index in [0.717, 1.165) is 44.2 Å². The SMILES string of the molecule is CCCOc1cccc(CNC(=NC)NCCCn2cccn2)c1.I. The van der Waals surface area contributed by atoms with Crippen molar-refractivity contribution in [3.63, 3.8) is 0 Å². The van der Waals surface area contributed by atoms with Crippen LogP contribution >= 0.6 is 24.0 Å². The van der Waals surface area contributed by atoms with Crippen molar-refractivity contribution in [3.05, 3.63) is 48.3 Å². The number of benzene rings is 1. The summed E-state index contributed by atoms with van der Waals surface area (Å²) in [6, 6.07) is 10.1. The fraction of sp³-hybridized carbons (Fsp3) is 0.444. The average Bonchev–Trinajstić information content (AvgIpc) is 3.13. The molecule has 2 aromatic rings. The third-order valence-electron chi connectivity index (χ3n) is 3.47. The molecule has 0 fully saturated rings. The Morgan fingerprint density at radius 1 is 1.28 bits per heavy atom. The molecule has 0 aliphatic heterocycles. The highest BCUT2D eigenvalue weighted by atomic mass is 127. The van der Waals surface area contributed by atoms with Gasteiger partial charge in [0.15, 0.2) is 5.96 Å². The van der Waals surface area contributed by atoms with E-state index in [9.17, 15) is 0 Å². The fourth-order valence-electron chi connectivity index (χ4n) is 2.25. The van der Waals surface area contributed by atoms with E-state index >= 15 is 0 Å². The lowest BCUT2D eigenvalue weighted by molar-refractivity contribution is 0.317. The number of hydrogen-bond donors (Lipinski definition) is 2. The van der Waals surface area contributed by atoms with Crippen molar-refractivity contribution in [1.82, 2.24) is 20.4 Å². The highest BCUT2D eigenvalue weighted by molar-refractivity contribution is 14.0. The van der Waals surface area contributed by atoms with Crippen molar-refractivity contribution in [2.24, 2.45) is 4.99 Å². The summed E-state index contributed by atoms with van der Waals surface area (Å²) in [6.45, 7) is 5.30. The van der Waals surface area contributed by atoms with E-state index in [-0.39, 0.29) is 24.0 Å². The number of hydrogen-bond acceptors (Lipinski definition) is 3. The van der Waals surface area contributed by atoms with Gasteiger partial charge in [0.25, 0.3) is 0 Å². The lowest BCUT2D eigenvalue weighted by Crippen LogP contribution is -2.37. The molecule has 1 aromatic carbocycles. The van der Waals surface area contributed by atoms with Crippen molar-refractivity contribution < 1.29 is 4.74 Å². The Labute approximate surface area is 167 Å². The predicted molar refractivity (Wildman–Crippen MR) is 113 cm³/mol. The molecular formula is C18H28IN5O. The maximum atomic E-state index is 5.66. The Morgan fingerprint density at radius 2 is 2.16 bits per heavy atom. The van der Waals surface area contributed by atoms with Gasteiger partial charge in [-0.1, -0.05) is 19.1 Å². The van der Waals surface area contributed by atoms with E-state index in [2.05, 4.69) is 39.8 Å². The minimum Gasteiger partial charge on any atom is -0.494 e. The molecule has 0 saturated heterocycles. The highest BCUT2D eigenvalue weighted by Gasteiger charge is 2.00. The number of nitrogens with zero attached hydrogens (tertiary/aromatic N) is 3. The number of ether oxygens (including phenoxy) is 1. The van der Waals surface area contributed by atoms with E-state index in [4.69, 9.17) is 4.74 Å². The molecule has 0 spiro atoms. The van der Waals surface area contributed by atoms with Gasteiger partial charge in [-0.3, -0.25) is 9.67 Å². The molecule has 0 unspecified atom stereocenters. The molecule has 6 nitrogen and oxygen atoms in total. The molecule has 0 radical (unpaired) electrons. The average molecular weight is 457 g/mol. The Hall–Kier alpha value is -1.77. The molecule has 7 heteroatoms. The van der Waals surface area contributed by atoms with Crippen molar-refractivity contribution in [1.29, 1.82) is 0 Å². The molecule has 0 aliphatic rings. The molecule has 1 heterocycles. The molecule has 2 rings (SSSR count). The molecule has 0 amide bonds. The van der Waals surface area contributed by atoms with Crippen molar-refractivity contribution >= 4 is 29.9 Å². The minimum atomic E-state index is 0. The third kappa shape index (κ3) is 8.24. The van der Waals surface area contributed by atoms with Crippen LogP contribution in [-0.4, -0.2) is 35.9 Å². The maximum Gasteiger partial charge on any atom is 0.191 e. The monoisotopic (exact) mass is 457 g/mol. The van der Waals surface area contributed by atoms with Crippen molar-refractivity contribution in [2.45, 2.75) is 32.9 Å². The maximum absolute atomic E-state index is 5.66. The molecule has 2 N–H and O–H groups in total. The fourth-order valence-corrected chi connectivity index (χ4v) is 2.25. The first-order valence-electron chi connectivity index (χ1n) is 8.45. The summed E-state index contributed by atoms with van der Waals surface area (Å²) in [4.78, 5) is 4.25. The number of aryl methyl sites for hydroxylation is 1. The quantitative estimate of drug-likeness (QED) is 0.263. The number of halogens is 1. The second kappa shape index (κ2) is 12.6. The second-order valence-corrected chi connectivity index (χ2v) is 5.47. The summed E-state index contributed by atoms with van der Waals surface area (Å²) in [5.74, 6) is 1.72. The minimum absolute atomic E-state index is 0. The largest absolute Gasteiger partial charge is 0.494 e. The molecule has 0 atom stereocenters. The van der Waals surface area contributed by atoms with E-state index in [1.54, 1.807) is 13.2 Å². The lowest BCUT2D eigenvalue weighted by Gasteiger charge is -2.13. The molecule has 0 aliphatic carbocycles. The Balaban J connectivity index is 0.00000312. The lowest BCUT2D eigenvalue weighted by atomic mass is 10.2. The molecule has 25 heavy (non-hydrogen) atoms. The normalized spacial score (nSPS) is 10.9. The van der Waals surface area contributed by atoms with Gasteiger partial charge in [0.05, 0.1) is 6.61 Å². The van der Waals surface area contributed by atoms with Gasteiger partial charge >= 0.3 is 0 Å². The highest BCUT2D eigenvalue weighted by Crippen LogP contribution is 2.13. The van der Waals surface area contributed by atoms with E-state index in [1.807, 2.05) is 29.1 Å². The van der Waals surface area contributed by atoms with Crippen LogP contribution in [0.25, 0.3) is 0 Å². The van der Waals surface area contributed by atoms with Gasteiger partial charge in [-0.25, -0.2) is 0 Å². The van der Waals surface area contributed by atoms with Crippen LogP contribution in [0, 0.1) is 0 Å². The summed E-state index contributed by atoms with van der Waals surface area (Å²) < 4.78 is 7.59. The van der Waals surface area contributed by atoms with Crippen molar-refractivity contribution in [3.8, 4) is 5.75 Å². The summed E-state index contributed by atoms with van der Waals surface area (Å²) in [5, 5.41) is 10.8. The van der Waals surface area contributed by atoms with Gasteiger partial charge in [-0.2, -0.15) is 5.10 Å². The summed E-state index contributed by atoms with van der Waals surface area (Å²) in [6.07, 6.45) is 5.77. The van der Waals surface area contributed by atoms with Crippen LogP contribution in [0.3, 0.4) is 0 Å². The van der Waals surface area contributed by atoms with Crippen LogP contribution in [0.5, 0.6) is 5.75 Å². The number of aromatic nitrogens is 2. The van der Waals surface area contributed by atoms with Gasteiger partial charge in [0.2, 0.25) is 0 Å². The van der Waals surface area contributed by atoms with Crippen LogP contribution < -0.4 is 15.4 Å². The number of guanidine groups is 1. The van der Waals surface area contributed by atoms with Gasteiger partial charge in [0, 0.05) is 39.1 Å². The van der Waals surface area contributed by atoms with Crippen LogP contribution in [0.4, 0.5) is 0 Å². The summed E-state index contributed by atoms with van der Waals surface area (Å²) in [5.41, 5.74) is 1.17. The Morgan fingerprint density at radius 3 is 2.88 bits per heavy atom. The predicted octanol–water partition coefficient (Wildman–Crippen LogP) is 3.05. The third-order valence-corrected chi connectivity index (χ3v) is 3.47. The van der Waals surface area contributed by atoms with E-state index in [1.165, 1.54) is 5.56 Å².